The zero-order valence-electron chi connectivity index (χ0n) is 14.8. The van der Waals surface area contributed by atoms with Gasteiger partial charge in [-0.15, -0.1) is 5.10 Å². The minimum atomic E-state index is -0.452. The van der Waals surface area contributed by atoms with Crippen molar-refractivity contribution in [3.8, 4) is 28.5 Å². The molecule has 0 fully saturated rings. The van der Waals surface area contributed by atoms with E-state index in [0.29, 0.717) is 23.0 Å². The summed E-state index contributed by atoms with van der Waals surface area (Å²) in [7, 11) is 0. The molecule has 0 aliphatic carbocycles. The van der Waals surface area contributed by atoms with Gasteiger partial charge in [-0.2, -0.15) is 4.68 Å². The number of para-hydroxylation sites is 2. The standard InChI is InChI=1S/C20H12N6O3/c27-26(28)16-5-3-4-14(12-16)19-22-23-24-25(19)15-10-8-13(9-11-15)20-21-17-6-1-2-7-18(17)29-20/h1-12H. The van der Waals surface area contributed by atoms with Gasteiger partial charge in [0.05, 0.1) is 10.6 Å². The maximum Gasteiger partial charge on any atom is 0.270 e. The van der Waals surface area contributed by atoms with Crippen LogP contribution in [0.25, 0.3) is 39.6 Å². The molecule has 5 rings (SSSR count). The normalized spacial score (nSPS) is 11.0. The van der Waals surface area contributed by atoms with Crippen LogP contribution in [0.4, 0.5) is 5.69 Å². The van der Waals surface area contributed by atoms with Crippen molar-refractivity contribution in [2.45, 2.75) is 0 Å². The Morgan fingerprint density at radius 3 is 2.55 bits per heavy atom. The van der Waals surface area contributed by atoms with E-state index in [2.05, 4.69) is 20.5 Å². The Kier molecular flexibility index (Phi) is 3.84. The SMILES string of the molecule is O=[N+]([O-])c1cccc(-c2nnnn2-c2ccc(-c3nc4ccccc4o3)cc2)c1. The first-order valence-corrected chi connectivity index (χ1v) is 8.69. The van der Waals surface area contributed by atoms with Gasteiger partial charge in [-0.1, -0.05) is 24.3 Å². The third-order valence-electron chi connectivity index (χ3n) is 4.44. The third kappa shape index (κ3) is 3.00. The van der Waals surface area contributed by atoms with Crippen molar-refractivity contribution < 1.29 is 9.34 Å². The highest BCUT2D eigenvalue weighted by Gasteiger charge is 2.15. The van der Waals surface area contributed by atoms with Gasteiger partial charge in [-0.05, 0) is 46.8 Å². The van der Waals surface area contributed by atoms with Crippen molar-refractivity contribution in [2.75, 3.05) is 0 Å². The summed E-state index contributed by atoms with van der Waals surface area (Å²) in [4.78, 5) is 15.1. The second-order valence-electron chi connectivity index (χ2n) is 6.26. The van der Waals surface area contributed by atoms with Gasteiger partial charge in [-0.25, -0.2) is 4.98 Å². The van der Waals surface area contributed by atoms with E-state index >= 15 is 0 Å². The molecule has 29 heavy (non-hydrogen) atoms. The van der Waals surface area contributed by atoms with Crippen LogP contribution in [-0.2, 0) is 0 Å². The minimum Gasteiger partial charge on any atom is -0.436 e. The molecule has 0 saturated carbocycles. The van der Waals surface area contributed by atoms with Crippen LogP contribution in [-0.4, -0.2) is 30.1 Å². The topological polar surface area (TPSA) is 113 Å². The number of nitro benzene ring substituents is 1. The Bertz CT molecular complexity index is 1310. The summed E-state index contributed by atoms with van der Waals surface area (Å²) >= 11 is 0. The van der Waals surface area contributed by atoms with Gasteiger partial charge in [0.1, 0.15) is 5.52 Å². The molecule has 0 spiro atoms. The molecule has 0 aliphatic heterocycles. The predicted octanol–water partition coefficient (Wildman–Crippen LogP) is 4.05. The first kappa shape index (κ1) is 16.8. The lowest BCUT2D eigenvalue weighted by Gasteiger charge is -2.05. The lowest BCUT2D eigenvalue weighted by molar-refractivity contribution is -0.384. The predicted molar refractivity (Wildman–Crippen MR) is 104 cm³/mol. The van der Waals surface area contributed by atoms with E-state index in [1.54, 1.807) is 12.1 Å². The number of hydrogen-bond acceptors (Lipinski definition) is 7. The lowest BCUT2D eigenvalue weighted by Crippen LogP contribution is -2.00. The molecule has 0 aliphatic rings. The average Bonchev–Trinajstić information content (AvgIpc) is 3.41. The van der Waals surface area contributed by atoms with E-state index in [4.69, 9.17) is 4.42 Å². The second-order valence-corrected chi connectivity index (χ2v) is 6.26. The van der Waals surface area contributed by atoms with E-state index in [0.717, 1.165) is 16.7 Å². The quantitative estimate of drug-likeness (QED) is 0.339. The number of hydrogen-bond donors (Lipinski definition) is 0. The maximum absolute atomic E-state index is 11.0. The van der Waals surface area contributed by atoms with Crippen molar-refractivity contribution in [3.63, 3.8) is 0 Å². The molecule has 3 aromatic carbocycles. The lowest BCUT2D eigenvalue weighted by atomic mass is 10.1. The fraction of sp³-hybridized carbons (Fsp3) is 0. The van der Waals surface area contributed by atoms with Gasteiger partial charge in [0.15, 0.2) is 11.4 Å². The molecular weight excluding hydrogens is 372 g/mol. The van der Waals surface area contributed by atoms with Crippen molar-refractivity contribution in [3.05, 3.63) is 82.9 Å². The maximum atomic E-state index is 11.0. The van der Waals surface area contributed by atoms with Crippen LogP contribution in [0.5, 0.6) is 0 Å². The van der Waals surface area contributed by atoms with Gasteiger partial charge >= 0.3 is 0 Å². The molecule has 2 heterocycles. The zero-order chi connectivity index (χ0) is 19.8. The monoisotopic (exact) mass is 384 g/mol. The highest BCUT2D eigenvalue weighted by Crippen LogP contribution is 2.27. The van der Waals surface area contributed by atoms with E-state index in [1.165, 1.54) is 16.8 Å². The summed E-state index contributed by atoms with van der Waals surface area (Å²) in [5, 5.41) is 22.8. The third-order valence-corrected chi connectivity index (χ3v) is 4.44. The first-order chi connectivity index (χ1) is 14.2. The summed E-state index contributed by atoms with van der Waals surface area (Å²) in [6.45, 7) is 0. The molecule has 0 bridgehead atoms. The number of rotatable bonds is 4. The number of non-ortho nitro benzene ring substituents is 1. The fourth-order valence-electron chi connectivity index (χ4n) is 3.04. The zero-order valence-corrected chi connectivity index (χ0v) is 14.8. The molecule has 9 nitrogen and oxygen atoms in total. The van der Waals surface area contributed by atoms with Gasteiger partial charge in [0.2, 0.25) is 5.89 Å². The van der Waals surface area contributed by atoms with Crippen LogP contribution in [0.3, 0.4) is 0 Å². The molecule has 0 amide bonds. The average molecular weight is 384 g/mol. The molecule has 5 aromatic rings. The van der Waals surface area contributed by atoms with E-state index in [-0.39, 0.29) is 5.69 Å². The van der Waals surface area contributed by atoms with Crippen LogP contribution in [0.15, 0.2) is 77.2 Å². The van der Waals surface area contributed by atoms with Crippen LogP contribution in [0.2, 0.25) is 0 Å². The number of nitrogens with zero attached hydrogens (tertiary/aromatic N) is 6. The van der Waals surface area contributed by atoms with E-state index in [9.17, 15) is 10.1 Å². The minimum absolute atomic E-state index is 0.0247. The van der Waals surface area contributed by atoms with Gasteiger partial charge in [-0.3, -0.25) is 10.1 Å². The number of nitro groups is 1. The summed E-state index contributed by atoms with van der Waals surface area (Å²) in [6.07, 6.45) is 0. The number of aromatic nitrogens is 5. The molecular formula is C20H12N6O3. The van der Waals surface area contributed by atoms with Crippen molar-refractivity contribution >= 4 is 16.8 Å². The highest BCUT2D eigenvalue weighted by atomic mass is 16.6. The molecule has 0 N–H and O–H groups in total. The number of benzene rings is 3. The van der Waals surface area contributed by atoms with Crippen LogP contribution in [0, 0.1) is 10.1 Å². The molecule has 2 aromatic heterocycles. The number of fused-ring (bicyclic) bond motifs is 1. The fourth-order valence-corrected chi connectivity index (χ4v) is 3.04. The van der Waals surface area contributed by atoms with Gasteiger partial charge in [0, 0.05) is 23.3 Å². The summed E-state index contributed by atoms with van der Waals surface area (Å²) < 4.78 is 7.31. The van der Waals surface area contributed by atoms with E-state index in [1.807, 2.05) is 48.5 Å². The van der Waals surface area contributed by atoms with Crippen LogP contribution < -0.4 is 0 Å². The Morgan fingerprint density at radius 2 is 1.76 bits per heavy atom. The highest BCUT2D eigenvalue weighted by molar-refractivity contribution is 5.76. The summed E-state index contributed by atoms with van der Waals surface area (Å²) in [5.74, 6) is 0.927. The van der Waals surface area contributed by atoms with Crippen molar-refractivity contribution in [2.24, 2.45) is 0 Å². The second kappa shape index (κ2) is 6.64. The van der Waals surface area contributed by atoms with Gasteiger partial charge < -0.3 is 4.42 Å². The Morgan fingerprint density at radius 1 is 0.931 bits per heavy atom. The van der Waals surface area contributed by atoms with E-state index < -0.39 is 4.92 Å². The molecule has 9 heteroatoms. The van der Waals surface area contributed by atoms with Crippen molar-refractivity contribution in [1.29, 1.82) is 0 Å². The number of tetrazole rings is 1. The largest absolute Gasteiger partial charge is 0.436 e. The Balaban J connectivity index is 1.51. The number of oxazole rings is 1. The van der Waals surface area contributed by atoms with Crippen LogP contribution in [0.1, 0.15) is 0 Å². The Hall–Kier alpha value is -4.40. The molecule has 0 radical (unpaired) electrons. The first-order valence-electron chi connectivity index (χ1n) is 8.69. The smallest absolute Gasteiger partial charge is 0.270 e. The van der Waals surface area contributed by atoms with Crippen LogP contribution >= 0.6 is 0 Å². The van der Waals surface area contributed by atoms with Crippen molar-refractivity contribution in [1.82, 2.24) is 25.2 Å². The van der Waals surface area contributed by atoms with Gasteiger partial charge in [0.25, 0.3) is 5.69 Å². The molecule has 0 unspecified atom stereocenters. The molecule has 140 valence electrons. The molecule has 0 atom stereocenters. The summed E-state index contributed by atoms with van der Waals surface area (Å²) in [6, 6.07) is 21.1. The summed E-state index contributed by atoms with van der Waals surface area (Å²) in [5.41, 5.74) is 3.56. The molecule has 0 saturated heterocycles. The Labute approximate surface area is 163 Å².